The summed E-state index contributed by atoms with van der Waals surface area (Å²) in [5.74, 6) is -1.50. The maximum absolute atomic E-state index is 12.7. The summed E-state index contributed by atoms with van der Waals surface area (Å²) in [4.78, 5) is 37.0. The second-order valence-electron chi connectivity index (χ2n) is 17.3. The van der Waals surface area contributed by atoms with Crippen molar-refractivity contribution in [1.82, 2.24) is 0 Å². The van der Waals surface area contributed by atoms with Gasteiger partial charge in [-0.2, -0.15) is 0 Å². The molecule has 8 nitrogen and oxygen atoms in total. The van der Waals surface area contributed by atoms with E-state index in [0.717, 1.165) is 70.6 Å². The molecule has 0 aliphatic rings. The van der Waals surface area contributed by atoms with Crippen LogP contribution in [0.15, 0.2) is 48.6 Å². The predicted molar refractivity (Wildman–Crippen MR) is 248 cm³/mol. The van der Waals surface area contributed by atoms with Crippen LogP contribution in [0.5, 0.6) is 0 Å². The molecule has 0 saturated carbocycles. The van der Waals surface area contributed by atoms with Crippen LogP contribution in [0.2, 0.25) is 0 Å². The van der Waals surface area contributed by atoms with E-state index < -0.39 is 18.1 Å². The fourth-order valence-corrected chi connectivity index (χ4v) is 6.98. The number of unbranched alkanes of at least 4 members (excludes halogenated alkanes) is 21. The zero-order valence-corrected chi connectivity index (χ0v) is 39.0. The average Bonchev–Trinajstić information content (AvgIpc) is 3.19. The van der Waals surface area contributed by atoms with Crippen LogP contribution in [-0.2, 0) is 28.6 Å². The molecule has 0 bridgehead atoms. The first-order valence-corrected chi connectivity index (χ1v) is 24.2. The van der Waals surface area contributed by atoms with Gasteiger partial charge in [-0.05, 0) is 70.6 Å². The third-order valence-electron chi connectivity index (χ3n) is 10.7. The minimum atomic E-state index is -0.880. The zero-order valence-electron chi connectivity index (χ0n) is 39.0. The van der Waals surface area contributed by atoms with Gasteiger partial charge in [0.15, 0.2) is 12.1 Å². The number of hydrogen-bond donors (Lipinski definition) is 1. The molecule has 0 heterocycles. The molecule has 0 spiro atoms. The Morgan fingerprint density at radius 2 is 0.949 bits per heavy atom. The summed E-state index contributed by atoms with van der Waals surface area (Å²) >= 11 is 0. The Morgan fingerprint density at radius 1 is 0.525 bits per heavy atom. The van der Waals surface area contributed by atoms with E-state index in [0.29, 0.717) is 19.3 Å². The van der Waals surface area contributed by atoms with E-state index in [9.17, 15) is 19.5 Å². The Kier molecular flexibility index (Phi) is 40.1. The number of likely N-dealkylation sites (N-methyl/N-ethyl adjacent to an activating group) is 1. The number of ether oxygens (including phenoxy) is 3. The summed E-state index contributed by atoms with van der Waals surface area (Å²) in [6.07, 6.45) is 50.2. The smallest absolute Gasteiger partial charge is 0.362 e. The SMILES string of the molecule is CC/C=C/C/C=C/C/C=C/CCCCCCC(=O)OC(COCCC(C(=O)O)[N+](C)(C)C)COC(=O)CCCCCCCCC/C=C/CCCCCCCCCCCC. The standard InChI is InChI=1S/C51H91NO7/c1-6-8-10-12-14-16-18-20-22-23-24-25-26-27-28-30-31-33-35-37-39-41-49(53)58-46-47(45-57-44-43-48(51(55)56)52(3,4)5)59-50(54)42-40-38-36-34-32-29-21-19-17-15-13-11-9-7-2/h9,11,15,17,21,25-26,29,47-48H,6-8,10,12-14,16,18-20,22-24,27-28,30-46H2,1-5H3/p+1/b11-9+,17-15+,26-25+,29-21+. The van der Waals surface area contributed by atoms with Crippen LogP contribution in [0.25, 0.3) is 0 Å². The molecule has 0 aromatic rings. The molecule has 2 unspecified atom stereocenters. The van der Waals surface area contributed by atoms with E-state index in [1.54, 1.807) is 0 Å². The summed E-state index contributed by atoms with van der Waals surface area (Å²) in [5, 5.41) is 9.63. The molecule has 0 aromatic carbocycles. The first-order chi connectivity index (χ1) is 28.6. The number of carbonyl (C=O) groups is 3. The molecule has 0 amide bonds. The van der Waals surface area contributed by atoms with Gasteiger partial charge in [-0.15, -0.1) is 0 Å². The molecule has 0 aliphatic carbocycles. The lowest BCUT2D eigenvalue weighted by molar-refractivity contribution is -0.887. The van der Waals surface area contributed by atoms with E-state index in [1.807, 2.05) is 21.1 Å². The van der Waals surface area contributed by atoms with Crippen LogP contribution in [-0.4, -0.2) is 80.6 Å². The first kappa shape index (κ1) is 56.3. The van der Waals surface area contributed by atoms with E-state index in [-0.39, 0.29) is 36.2 Å². The molecule has 8 heteroatoms. The van der Waals surface area contributed by atoms with Gasteiger partial charge in [0.25, 0.3) is 0 Å². The van der Waals surface area contributed by atoms with E-state index in [2.05, 4.69) is 62.5 Å². The van der Waals surface area contributed by atoms with E-state index in [4.69, 9.17) is 14.2 Å². The molecule has 342 valence electrons. The van der Waals surface area contributed by atoms with Gasteiger partial charge in [-0.1, -0.05) is 165 Å². The summed E-state index contributed by atoms with van der Waals surface area (Å²) in [6.45, 7) is 4.61. The van der Waals surface area contributed by atoms with Crippen LogP contribution in [0.4, 0.5) is 0 Å². The lowest BCUT2D eigenvalue weighted by Crippen LogP contribution is -2.50. The van der Waals surface area contributed by atoms with Crippen molar-refractivity contribution in [3.63, 3.8) is 0 Å². The summed E-state index contributed by atoms with van der Waals surface area (Å²) < 4.78 is 17.3. The molecule has 1 N–H and O–H groups in total. The lowest BCUT2D eigenvalue weighted by atomic mass is 10.1. The molecular formula is C51H92NO7+. The minimum absolute atomic E-state index is 0.0502. The summed E-state index contributed by atoms with van der Waals surface area (Å²) in [6, 6.07) is -0.620. The van der Waals surface area contributed by atoms with Crippen molar-refractivity contribution in [2.45, 2.75) is 219 Å². The van der Waals surface area contributed by atoms with Gasteiger partial charge < -0.3 is 23.8 Å². The minimum Gasteiger partial charge on any atom is -0.477 e. The highest BCUT2D eigenvalue weighted by atomic mass is 16.6. The molecule has 0 aliphatic heterocycles. The zero-order chi connectivity index (χ0) is 43.5. The van der Waals surface area contributed by atoms with E-state index in [1.165, 1.54) is 103 Å². The third-order valence-corrected chi connectivity index (χ3v) is 10.7. The average molecular weight is 831 g/mol. The Labute approximate surface area is 363 Å². The number of esters is 2. The Hall–Kier alpha value is -2.71. The topological polar surface area (TPSA) is 99.1 Å². The number of quaternary nitrogens is 1. The van der Waals surface area contributed by atoms with Crippen molar-refractivity contribution in [2.24, 2.45) is 0 Å². The molecule has 0 fully saturated rings. The number of hydrogen-bond acceptors (Lipinski definition) is 6. The molecule has 59 heavy (non-hydrogen) atoms. The second kappa shape index (κ2) is 42.0. The Bertz CT molecular complexity index is 1110. The van der Waals surface area contributed by atoms with Crippen molar-refractivity contribution in [3.05, 3.63) is 48.6 Å². The normalized spacial score (nSPS) is 13.3. The summed E-state index contributed by atoms with van der Waals surface area (Å²) in [5.41, 5.74) is 0. The van der Waals surface area contributed by atoms with Crippen molar-refractivity contribution >= 4 is 17.9 Å². The molecule has 0 radical (unpaired) electrons. The number of carboxylic acids is 1. The lowest BCUT2D eigenvalue weighted by Gasteiger charge is -2.31. The van der Waals surface area contributed by atoms with Crippen LogP contribution >= 0.6 is 0 Å². The second-order valence-corrected chi connectivity index (χ2v) is 17.3. The highest BCUT2D eigenvalue weighted by Crippen LogP contribution is 2.15. The fraction of sp³-hybridized carbons (Fsp3) is 0.784. The maximum atomic E-state index is 12.7. The molecular weight excluding hydrogens is 739 g/mol. The number of nitrogens with zero attached hydrogens (tertiary/aromatic N) is 1. The van der Waals surface area contributed by atoms with Crippen molar-refractivity contribution in [2.75, 3.05) is 41.0 Å². The molecule has 0 saturated heterocycles. The van der Waals surface area contributed by atoms with Crippen LogP contribution in [0.3, 0.4) is 0 Å². The van der Waals surface area contributed by atoms with Gasteiger partial charge in [0.2, 0.25) is 0 Å². The maximum Gasteiger partial charge on any atom is 0.362 e. The molecule has 2 atom stereocenters. The van der Waals surface area contributed by atoms with Gasteiger partial charge in [0.1, 0.15) is 6.61 Å². The first-order valence-electron chi connectivity index (χ1n) is 24.2. The Balaban J connectivity index is 4.27. The van der Waals surface area contributed by atoms with Gasteiger partial charge in [0, 0.05) is 19.3 Å². The van der Waals surface area contributed by atoms with Crippen LogP contribution < -0.4 is 0 Å². The molecule has 0 aromatic heterocycles. The number of aliphatic carboxylic acids is 1. The number of allylic oxidation sites excluding steroid dienone is 8. The Morgan fingerprint density at radius 3 is 1.42 bits per heavy atom. The van der Waals surface area contributed by atoms with Crippen LogP contribution in [0, 0.1) is 0 Å². The van der Waals surface area contributed by atoms with Crippen molar-refractivity contribution < 1.29 is 38.2 Å². The predicted octanol–water partition coefficient (Wildman–Crippen LogP) is 13.6. The summed E-state index contributed by atoms with van der Waals surface area (Å²) in [7, 11) is 5.52. The third kappa shape index (κ3) is 40.5. The van der Waals surface area contributed by atoms with Gasteiger partial charge in [-0.3, -0.25) is 9.59 Å². The number of carboxylic acid groups (broad SMARTS) is 1. The van der Waals surface area contributed by atoms with Crippen molar-refractivity contribution in [3.8, 4) is 0 Å². The largest absolute Gasteiger partial charge is 0.477 e. The molecule has 0 rings (SSSR count). The fourth-order valence-electron chi connectivity index (χ4n) is 6.98. The highest BCUT2D eigenvalue weighted by Gasteiger charge is 2.31. The van der Waals surface area contributed by atoms with Crippen LogP contribution in [0.1, 0.15) is 206 Å². The monoisotopic (exact) mass is 831 g/mol. The van der Waals surface area contributed by atoms with Crippen molar-refractivity contribution in [1.29, 1.82) is 0 Å². The number of rotatable bonds is 43. The quantitative estimate of drug-likeness (QED) is 0.0283. The van der Waals surface area contributed by atoms with Gasteiger partial charge in [-0.25, -0.2) is 4.79 Å². The van der Waals surface area contributed by atoms with E-state index >= 15 is 0 Å². The van der Waals surface area contributed by atoms with Gasteiger partial charge >= 0.3 is 17.9 Å². The highest BCUT2D eigenvalue weighted by molar-refractivity contribution is 5.72. The number of carbonyl (C=O) groups excluding carboxylic acids is 2. The van der Waals surface area contributed by atoms with Gasteiger partial charge in [0.05, 0.1) is 34.4 Å².